The van der Waals surface area contributed by atoms with E-state index in [9.17, 15) is 19.1 Å². The zero-order valence-electron chi connectivity index (χ0n) is 30.3. The standard InChI is InChI=1S/C38H42F4N8O5/c1-35(40,41)30-26(31(51)48-38(32(52)53)22-10-21-11-23(38)15-37(42,13-21)14-22)18-46-34(47-30)50-20-36(4-8-54-9-5-36)27-12-29(43-19-28(27)50)55-25-2-6-49(7-3-25)33-44-16-24(39)17-45-33/h12,16-19,21-23,25H,2-11,13-15,20H2,1H3,(H,48,51)(H,52,53)/t21?,22-,23+,37?,38?. The Hall–Kier alpha value is -4.67. The van der Waals surface area contributed by atoms with Gasteiger partial charge in [0.1, 0.15) is 23.0 Å². The zero-order valence-corrected chi connectivity index (χ0v) is 30.3. The number of aliphatic carboxylic acids is 1. The number of carbonyl (C=O) groups is 2. The van der Waals surface area contributed by atoms with E-state index < -0.39 is 63.3 Å². The summed E-state index contributed by atoms with van der Waals surface area (Å²) in [5.41, 5.74) is -3.51. The van der Waals surface area contributed by atoms with Crippen LogP contribution in [0.25, 0.3) is 0 Å². The molecule has 2 N–H and O–H groups in total. The highest BCUT2D eigenvalue weighted by molar-refractivity contribution is 5.99. The normalized spacial score (nSPS) is 29.7. The Labute approximate surface area is 314 Å². The number of carboxylic acids is 1. The smallest absolute Gasteiger partial charge is 0.330 e. The van der Waals surface area contributed by atoms with Crippen molar-refractivity contribution in [2.45, 2.75) is 93.4 Å². The van der Waals surface area contributed by atoms with E-state index in [1.54, 1.807) is 11.1 Å². The van der Waals surface area contributed by atoms with Crippen LogP contribution in [0.1, 0.15) is 86.3 Å². The number of halogens is 4. The molecule has 4 bridgehead atoms. The molecule has 4 aliphatic carbocycles. The van der Waals surface area contributed by atoms with Crippen molar-refractivity contribution in [2.24, 2.45) is 17.8 Å². The van der Waals surface area contributed by atoms with Gasteiger partial charge in [0.25, 0.3) is 11.8 Å². The fourth-order valence-electron chi connectivity index (χ4n) is 10.6. The van der Waals surface area contributed by atoms with Crippen LogP contribution in [0.2, 0.25) is 0 Å². The summed E-state index contributed by atoms with van der Waals surface area (Å²) in [6, 6.07) is 1.89. The number of carboxylic acid groups (broad SMARTS) is 1. The molecule has 10 rings (SSSR count). The van der Waals surface area contributed by atoms with Crippen molar-refractivity contribution in [1.29, 1.82) is 0 Å². The average molecular weight is 767 g/mol. The van der Waals surface area contributed by atoms with Crippen LogP contribution in [0.15, 0.2) is 30.9 Å². The third-order valence-electron chi connectivity index (χ3n) is 13.0. The number of alkyl halides is 3. The molecule has 4 saturated carbocycles. The fourth-order valence-corrected chi connectivity index (χ4v) is 10.6. The summed E-state index contributed by atoms with van der Waals surface area (Å²) in [5.74, 6) is -6.84. The molecule has 5 atom stereocenters. The van der Waals surface area contributed by atoms with E-state index in [0.29, 0.717) is 102 Å². The summed E-state index contributed by atoms with van der Waals surface area (Å²) >= 11 is 0. The van der Waals surface area contributed by atoms with Crippen LogP contribution in [-0.2, 0) is 20.9 Å². The highest BCUT2D eigenvalue weighted by Gasteiger charge is 2.67. The molecule has 6 heterocycles. The second kappa shape index (κ2) is 12.9. The largest absolute Gasteiger partial charge is 0.479 e. The predicted molar refractivity (Wildman–Crippen MR) is 188 cm³/mol. The monoisotopic (exact) mass is 766 g/mol. The number of ether oxygens (including phenoxy) is 2. The summed E-state index contributed by atoms with van der Waals surface area (Å²) in [5, 5.41) is 13.1. The number of anilines is 3. The lowest BCUT2D eigenvalue weighted by atomic mass is 9.47. The lowest BCUT2D eigenvalue weighted by Crippen LogP contribution is -2.72. The molecule has 6 fully saturated rings. The van der Waals surface area contributed by atoms with Crippen molar-refractivity contribution >= 4 is 29.5 Å². The van der Waals surface area contributed by atoms with Crippen LogP contribution in [0.4, 0.5) is 35.1 Å². The molecule has 13 nitrogen and oxygen atoms in total. The van der Waals surface area contributed by atoms with Crippen molar-refractivity contribution < 1.29 is 41.7 Å². The number of amides is 1. The zero-order chi connectivity index (χ0) is 38.3. The van der Waals surface area contributed by atoms with E-state index >= 15 is 13.2 Å². The molecule has 1 amide bonds. The van der Waals surface area contributed by atoms with Gasteiger partial charge in [0.15, 0.2) is 5.82 Å². The van der Waals surface area contributed by atoms with Gasteiger partial charge in [0.05, 0.1) is 29.8 Å². The second-order valence-corrected chi connectivity index (χ2v) is 16.5. The van der Waals surface area contributed by atoms with Gasteiger partial charge < -0.3 is 29.7 Å². The van der Waals surface area contributed by atoms with Crippen LogP contribution in [-0.4, -0.2) is 92.1 Å². The summed E-state index contributed by atoms with van der Waals surface area (Å²) in [4.78, 5) is 52.0. The number of nitrogens with zero attached hydrogens (tertiary/aromatic N) is 7. The van der Waals surface area contributed by atoms with E-state index in [2.05, 4.69) is 30.2 Å². The highest BCUT2D eigenvalue weighted by atomic mass is 19.3. The van der Waals surface area contributed by atoms with Gasteiger partial charge in [-0.05, 0) is 68.3 Å². The van der Waals surface area contributed by atoms with Gasteiger partial charge >= 0.3 is 5.97 Å². The molecular weight excluding hydrogens is 724 g/mol. The first kappa shape index (κ1) is 36.0. The first-order valence-corrected chi connectivity index (χ1v) is 19.0. The van der Waals surface area contributed by atoms with Crippen LogP contribution < -0.4 is 19.9 Å². The third-order valence-corrected chi connectivity index (χ3v) is 13.0. The number of piperidine rings is 1. The molecule has 0 aromatic carbocycles. The second-order valence-electron chi connectivity index (χ2n) is 16.5. The molecule has 17 heteroatoms. The molecule has 7 aliphatic rings. The first-order valence-electron chi connectivity index (χ1n) is 19.0. The summed E-state index contributed by atoms with van der Waals surface area (Å²) in [6.07, 6.45) is 8.74. The van der Waals surface area contributed by atoms with Crippen molar-refractivity contribution in [1.82, 2.24) is 30.2 Å². The van der Waals surface area contributed by atoms with E-state index in [1.807, 2.05) is 11.0 Å². The molecular formula is C38H42F4N8O5. The molecule has 0 radical (unpaired) electrons. The molecule has 55 heavy (non-hydrogen) atoms. The summed E-state index contributed by atoms with van der Waals surface area (Å²) in [7, 11) is 0. The van der Waals surface area contributed by atoms with Crippen LogP contribution in [0.3, 0.4) is 0 Å². The number of hydrogen-bond acceptors (Lipinski definition) is 11. The molecule has 3 aromatic rings. The van der Waals surface area contributed by atoms with Crippen LogP contribution >= 0.6 is 0 Å². The van der Waals surface area contributed by atoms with Crippen molar-refractivity contribution in [3.05, 3.63) is 53.5 Å². The Bertz CT molecular complexity index is 1990. The molecule has 292 valence electrons. The van der Waals surface area contributed by atoms with Gasteiger partial charge in [-0.15, -0.1) is 0 Å². The van der Waals surface area contributed by atoms with E-state index in [-0.39, 0.29) is 30.8 Å². The minimum absolute atomic E-state index is 0.00691. The van der Waals surface area contributed by atoms with E-state index in [4.69, 9.17) is 9.47 Å². The van der Waals surface area contributed by atoms with E-state index in [1.165, 1.54) is 0 Å². The Morgan fingerprint density at radius 2 is 1.65 bits per heavy atom. The van der Waals surface area contributed by atoms with Crippen LogP contribution in [0, 0.1) is 23.6 Å². The molecule has 2 saturated heterocycles. The van der Waals surface area contributed by atoms with E-state index in [0.717, 1.165) is 24.2 Å². The predicted octanol–water partition coefficient (Wildman–Crippen LogP) is 5.26. The molecule has 3 aliphatic heterocycles. The lowest BCUT2D eigenvalue weighted by molar-refractivity contribution is -0.174. The number of rotatable bonds is 8. The van der Waals surface area contributed by atoms with Gasteiger partial charge in [-0.2, -0.15) is 8.78 Å². The summed E-state index contributed by atoms with van der Waals surface area (Å²) < 4.78 is 71.8. The number of hydrogen-bond donors (Lipinski definition) is 2. The number of fused-ring (bicyclic) bond motifs is 2. The SMILES string of the molecule is CC(F)(F)c1nc(N2CC3(CCOCC3)c3cc(OC4CCN(c5ncc(F)cn5)CC4)ncc32)ncc1C(=O)NC1(C(=O)O)[C@@H]2CC3C[C@H]1CC(F)(C3)C2. The number of aromatic nitrogens is 5. The van der Waals surface area contributed by atoms with Gasteiger partial charge in [-0.3, -0.25) is 4.79 Å². The van der Waals surface area contributed by atoms with Gasteiger partial charge in [0.2, 0.25) is 17.8 Å². The maximum absolute atomic E-state index is 15.5. The van der Waals surface area contributed by atoms with Crippen molar-refractivity contribution in [2.75, 3.05) is 42.6 Å². The number of pyridine rings is 1. The Kier molecular flexibility index (Phi) is 8.48. The van der Waals surface area contributed by atoms with Gasteiger partial charge in [-0.1, -0.05) is 0 Å². The van der Waals surface area contributed by atoms with Crippen LogP contribution in [0.5, 0.6) is 5.88 Å². The molecule has 3 aromatic heterocycles. The topological polar surface area (TPSA) is 156 Å². The van der Waals surface area contributed by atoms with Crippen molar-refractivity contribution in [3.63, 3.8) is 0 Å². The highest BCUT2D eigenvalue weighted by Crippen LogP contribution is 2.61. The van der Waals surface area contributed by atoms with Gasteiger partial charge in [0, 0.05) is 70.3 Å². The maximum Gasteiger partial charge on any atom is 0.330 e. The molecule has 1 spiro atoms. The minimum Gasteiger partial charge on any atom is -0.479 e. The quantitative estimate of drug-likeness (QED) is 0.288. The Morgan fingerprint density at radius 3 is 2.29 bits per heavy atom. The maximum atomic E-state index is 15.5. The number of nitrogens with one attached hydrogen (secondary N) is 1. The Morgan fingerprint density at radius 1 is 0.982 bits per heavy atom. The summed E-state index contributed by atoms with van der Waals surface area (Å²) in [6.45, 7) is 3.20. The van der Waals surface area contributed by atoms with Crippen molar-refractivity contribution in [3.8, 4) is 5.88 Å². The minimum atomic E-state index is -3.60. The fraction of sp³-hybridized carbons (Fsp3) is 0.605. The number of carbonyl (C=O) groups excluding carboxylic acids is 1. The average Bonchev–Trinajstić information content (AvgIpc) is 3.45. The lowest BCUT2D eigenvalue weighted by Gasteiger charge is -2.61. The first-order chi connectivity index (χ1) is 26.3. The Balaban J connectivity index is 0.981. The molecule has 3 unspecified atom stereocenters. The third kappa shape index (κ3) is 6.12. The van der Waals surface area contributed by atoms with Gasteiger partial charge in [-0.25, -0.2) is 38.5 Å².